The van der Waals surface area contributed by atoms with Crippen LogP contribution in [0, 0.1) is 19.8 Å². The number of nitrogens with zero attached hydrogens (tertiary/aromatic N) is 4. The summed E-state index contributed by atoms with van der Waals surface area (Å²) in [7, 11) is 0. The van der Waals surface area contributed by atoms with Gasteiger partial charge in [0, 0.05) is 38.1 Å². The van der Waals surface area contributed by atoms with E-state index in [0.717, 1.165) is 44.9 Å². The summed E-state index contributed by atoms with van der Waals surface area (Å²) in [5.74, 6) is 0.910. The maximum Gasteiger partial charge on any atom is 0.244 e. The monoisotopic (exact) mass is 366 g/mol. The van der Waals surface area contributed by atoms with Crippen LogP contribution in [0.5, 0.6) is 0 Å². The van der Waals surface area contributed by atoms with E-state index < -0.39 is 0 Å². The van der Waals surface area contributed by atoms with Gasteiger partial charge in [0.05, 0.1) is 5.69 Å². The molecule has 1 aliphatic carbocycles. The topological polar surface area (TPSA) is 41.4 Å². The Morgan fingerprint density at radius 2 is 1.96 bits per heavy atom. The summed E-state index contributed by atoms with van der Waals surface area (Å²) >= 11 is 0. The van der Waals surface area contributed by atoms with Crippen molar-refractivity contribution in [3.63, 3.8) is 0 Å². The molecule has 0 saturated carbocycles. The standard InChI is InChI=1S/C22H30N4O/c1-16-7-8-20-19(13-16)14-26(23-20)15-22(27)25-11-9-24(10-12-25)21-6-4-5-17(2)18(21)3/h4-6,14,16H,7-13,15H2,1-3H3/t16-/m1/s1. The fourth-order valence-corrected chi connectivity index (χ4v) is 4.34. The summed E-state index contributed by atoms with van der Waals surface area (Å²) in [6.07, 6.45) is 5.44. The highest BCUT2D eigenvalue weighted by Gasteiger charge is 2.24. The molecule has 2 heterocycles. The van der Waals surface area contributed by atoms with Gasteiger partial charge in [-0.05, 0) is 61.8 Å². The third kappa shape index (κ3) is 3.73. The van der Waals surface area contributed by atoms with Crippen molar-refractivity contribution in [2.75, 3.05) is 31.1 Å². The molecular weight excluding hydrogens is 336 g/mol. The SMILES string of the molecule is Cc1cccc(N2CCN(C(=O)Cn3cc4c(n3)CC[C@@H](C)C4)CC2)c1C. The Kier molecular flexibility index (Phi) is 4.94. The van der Waals surface area contributed by atoms with Crippen LogP contribution in [-0.2, 0) is 24.2 Å². The number of benzene rings is 1. The highest BCUT2D eigenvalue weighted by molar-refractivity contribution is 5.76. The van der Waals surface area contributed by atoms with Crippen molar-refractivity contribution in [2.24, 2.45) is 5.92 Å². The van der Waals surface area contributed by atoms with Crippen LogP contribution in [0.2, 0.25) is 0 Å². The van der Waals surface area contributed by atoms with Gasteiger partial charge < -0.3 is 9.80 Å². The molecule has 1 saturated heterocycles. The number of carbonyl (C=O) groups excluding carboxylic acids is 1. The number of hydrogen-bond donors (Lipinski definition) is 0. The van der Waals surface area contributed by atoms with Gasteiger partial charge in [-0.15, -0.1) is 0 Å². The Morgan fingerprint density at radius 3 is 2.74 bits per heavy atom. The maximum atomic E-state index is 12.8. The van der Waals surface area contributed by atoms with Gasteiger partial charge in [0.25, 0.3) is 0 Å². The molecular formula is C22H30N4O. The zero-order chi connectivity index (χ0) is 19.0. The molecule has 1 aromatic heterocycles. The molecule has 1 aromatic carbocycles. The minimum absolute atomic E-state index is 0.184. The first-order valence-electron chi connectivity index (χ1n) is 10.2. The van der Waals surface area contributed by atoms with Gasteiger partial charge in [-0.25, -0.2) is 0 Å². The number of hydrogen-bond acceptors (Lipinski definition) is 3. The Bertz CT molecular complexity index is 833. The van der Waals surface area contributed by atoms with E-state index in [2.05, 4.69) is 55.2 Å². The molecule has 0 unspecified atom stereocenters. The van der Waals surface area contributed by atoms with E-state index in [1.165, 1.54) is 34.5 Å². The predicted octanol–water partition coefficient (Wildman–Crippen LogP) is 2.97. The molecule has 2 aromatic rings. The van der Waals surface area contributed by atoms with E-state index in [-0.39, 0.29) is 5.91 Å². The second-order valence-electron chi connectivity index (χ2n) is 8.23. The van der Waals surface area contributed by atoms with Crippen LogP contribution in [0.25, 0.3) is 0 Å². The van der Waals surface area contributed by atoms with Crippen LogP contribution in [0.1, 0.15) is 35.7 Å². The summed E-state index contributed by atoms with van der Waals surface area (Å²) in [6, 6.07) is 6.47. The van der Waals surface area contributed by atoms with Gasteiger partial charge in [-0.2, -0.15) is 5.10 Å². The molecule has 1 fully saturated rings. The van der Waals surface area contributed by atoms with E-state index >= 15 is 0 Å². The van der Waals surface area contributed by atoms with Gasteiger partial charge in [0.2, 0.25) is 5.91 Å². The fraction of sp³-hybridized carbons (Fsp3) is 0.545. The van der Waals surface area contributed by atoms with Crippen LogP contribution in [-0.4, -0.2) is 46.8 Å². The summed E-state index contributed by atoms with van der Waals surface area (Å²) in [5, 5.41) is 4.66. The summed E-state index contributed by atoms with van der Waals surface area (Å²) in [4.78, 5) is 17.1. The Balaban J connectivity index is 1.36. The third-order valence-corrected chi connectivity index (χ3v) is 6.21. The summed E-state index contributed by atoms with van der Waals surface area (Å²) in [6.45, 7) is 10.3. The van der Waals surface area contributed by atoms with Gasteiger partial charge in [0.15, 0.2) is 0 Å². The number of rotatable bonds is 3. The van der Waals surface area contributed by atoms with Crippen molar-refractivity contribution in [1.82, 2.24) is 14.7 Å². The Labute approximate surface area is 162 Å². The minimum atomic E-state index is 0.184. The smallest absolute Gasteiger partial charge is 0.244 e. The molecule has 4 rings (SSSR count). The van der Waals surface area contributed by atoms with E-state index in [4.69, 9.17) is 0 Å². The summed E-state index contributed by atoms with van der Waals surface area (Å²) in [5.41, 5.74) is 6.49. The Morgan fingerprint density at radius 1 is 1.19 bits per heavy atom. The molecule has 0 radical (unpaired) electrons. The molecule has 0 bridgehead atoms. The molecule has 0 N–H and O–H groups in total. The predicted molar refractivity (Wildman–Crippen MR) is 108 cm³/mol. The highest BCUT2D eigenvalue weighted by Crippen LogP contribution is 2.25. The first kappa shape index (κ1) is 18.1. The van der Waals surface area contributed by atoms with E-state index in [1.54, 1.807) is 0 Å². The number of aryl methyl sites for hydroxylation is 2. The van der Waals surface area contributed by atoms with E-state index in [0.29, 0.717) is 6.54 Å². The molecule has 1 aliphatic heterocycles. The zero-order valence-corrected chi connectivity index (χ0v) is 16.7. The molecule has 144 valence electrons. The molecule has 27 heavy (non-hydrogen) atoms. The maximum absolute atomic E-state index is 12.8. The second-order valence-corrected chi connectivity index (χ2v) is 8.23. The molecule has 5 nitrogen and oxygen atoms in total. The normalized spacial score (nSPS) is 19.9. The van der Waals surface area contributed by atoms with Crippen LogP contribution < -0.4 is 4.90 Å². The van der Waals surface area contributed by atoms with Crippen molar-refractivity contribution >= 4 is 11.6 Å². The number of carbonyl (C=O) groups is 1. The van der Waals surface area contributed by atoms with Crippen molar-refractivity contribution in [3.05, 3.63) is 46.8 Å². The van der Waals surface area contributed by atoms with Crippen LogP contribution in [0.15, 0.2) is 24.4 Å². The minimum Gasteiger partial charge on any atom is -0.368 e. The number of piperazine rings is 1. The fourth-order valence-electron chi connectivity index (χ4n) is 4.34. The van der Waals surface area contributed by atoms with Crippen molar-refractivity contribution in [1.29, 1.82) is 0 Å². The first-order chi connectivity index (χ1) is 13.0. The van der Waals surface area contributed by atoms with E-state index in [1.807, 2.05) is 9.58 Å². The molecule has 5 heteroatoms. The van der Waals surface area contributed by atoms with Crippen LogP contribution in [0.4, 0.5) is 5.69 Å². The lowest BCUT2D eigenvalue weighted by molar-refractivity contribution is -0.132. The van der Waals surface area contributed by atoms with Gasteiger partial charge in [-0.1, -0.05) is 19.1 Å². The average Bonchev–Trinajstić information content (AvgIpc) is 3.05. The number of anilines is 1. The zero-order valence-electron chi connectivity index (χ0n) is 16.7. The lowest BCUT2D eigenvalue weighted by Crippen LogP contribution is -2.49. The largest absolute Gasteiger partial charge is 0.368 e. The molecule has 0 spiro atoms. The quantitative estimate of drug-likeness (QED) is 0.839. The van der Waals surface area contributed by atoms with Crippen molar-refractivity contribution in [3.8, 4) is 0 Å². The van der Waals surface area contributed by atoms with E-state index in [9.17, 15) is 4.79 Å². The Hall–Kier alpha value is -2.30. The molecule has 1 atom stereocenters. The van der Waals surface area contributed by atoms with Gasteiger partial charge in [0.1, 0.15) is 6.54 Å². The molecule has 1 amide bonds. The number of fused-ring (bicyclic) bond motifs is 1. The number of aromatic nitrogens is 2. The average molecular weight is 367 g/mol. The lowest BCUT2D eigenvalue weighted by Gasteiger charge is -2.37. The first-order valence-corrected chi connectivity index (χ1v) is 10.2. The van der Waals surface area contributed by atoms with Crippen LogP contribution in [0.3, 0.4) is 0 Å². The van der Waals surface area contributed by atoms with Crippen molar-refractivity contribution in [2.45, 2.75) is 46.6 Å². The van der Waals surface area contributed by atoms with Crippen LogP contribution >= 0.6 is 0 Å². The summed E-state index contributed by atoms with van der Waals surface area (Å²) < 4.78 is 1.86. The number of amides is 1. The second kappa shape index (κ2) is 7.37. The third-order valence-electron chi connectivity index (χ3n) is 6.21. The van der Waals surface area contributed by atoms with Gasteiger partial charge >= 0.3 is 0 Å². The van der Waals surface area contributed by atoms with Gasteiger partial charge in [-0.3, -0.25) is 9.48 Å². The highest BCUT2D eigenvalue weighted by atomic mass is 16.2. The van der Waals surface area contributed by atoms with Crippen molar-refractivity contribution < 1.29 is 4.79 Å². The molecule has 2 aliphatic rings. The lowest BCUT2D eigenvalue weighted by atomic mass is 9.89.